The van der Waals surface area contributed by atoms with Gasteiger partial charge in [0.05, 0.1) is 25.4 Å². The van der Waals surface area contributed by atoms with E-state index in [0.717, 1.165) is 36.1 Å². The van der Waals surface area contributed by atoms with Crippen LogP contribution in [0.4, 0.5) is 0 Å². The monoisotopic (exact) mass is 485 g/mol. The van der Waals surface area contributed by atoms with Gasteiger partial charge in [-0.2, -0.15) is 0 Å². The van der Waals surface area contributed by atoms with E-state index in [1.54, 1.807) is 17.9 Å². The maximum Gasteiger partial charge on any atom is 0.328 e. The Kier molecular flexibility index (Phi) is 6.69. The summed E-state index contributed by atoms with van der Waals surface area (Å²) in [5.41, 5.74) is 4.58. The molecule has 2 aromatic carbocycles. The molecule has 1 fully saturated rings. The number of likely N-dealkylation sites (tertiary alicyclic amines) is 1. The summed E-state index contributed by atoms with van der Waals surface area (Å²) in [4.78, 5) is 39.9. The average molecular weight is 486 g/mol. The van der Waals surface area contributed by atoms with E-state index in [9.17, 15) is 9.59 Å². The molecule has 0 bridgehead atoms. The largest absolute Gasteiger partial charge is 0.383 e. The Morgan fingerprint density at radius 2 is 1.94 bits per heavy atom. The van der Waals surface area contributed by atoms with Crippen LogP contribution in [-0.4, -0.2) is 56.6 Å². The first-order valence-corrected chi connectivity index (χ1v) is 12.4. The molecule has 1 unspecified atom stereocenters. The first-order valence-electron chi connectivity index (χ1n) is 12.4. The summed E-state index contributed by atoms with van der Waals surface area (Å²) in [6.45, 7) is 5.92. The highest BCUT2D eigenvalue weighted by atomic mass is 16.5. The Labute approximate surface area is 210 Å². The maximum atomic E-state index is 13.0. The number of imidazole rings is 1. The van der Waals surface area contributed by atoms with Crippen LogP contribution >= 0.6 is 0 Å². The van der Waals surface area contributed by atoms with E-state index in [2.05, 4.69) is 29.9 Å². The van der Waals surface area contributed by atoms with Crippen LogP contribution in [0, 0.1) is 0 Å². The zero-order chi connectivity index (χ0) is 25.2. The van der Waals surface area contributed by atoms with Gasteiger partial charge in [0, 0.05) is 24.8 Å². The van der Waals surface area contributed by atoms with Gasteiger partial charge in [-0.1, -0.05) is 50.2 Å². The van der Waals surface area contributed by atoms with Crippen molar-refractivity contribution in [2.75, 3.05) is 20.3 Å². The highest BCUT2D eigenvalue weighted by molar-refractivity contribution is 5.94. The number of aromatic nitrogens is 4. The molecule has 3 heterocycles. The van der Waals surface area contributed by atoms with Crippen LogP contribution in [0.1, 0.15) is 54.1 Å². The van der Waals surface area contributed by atoms with E-state index in [4.69, 9.17) is 9.72 Å². The molecule has 36 heavy (non-hydrogen) atoms. The third kappa shape index (κ3) is 4.56. The number of carbonyl (C=O) groups excluding carboxylic acids is 1. The lowest BCUT2D eigenvalue weighted by Crippen LogP contribution is -2.38. The van der Waals surface area contributed by atoms with E-state index in [1.807, 2.05) is 47.4 Å². The Balaban J connectivity index is 1.42. The van der Waals surface area contributed by atoms with E-state index in [0.29, 0.717) is 41.6 Å². The predicted octanol–water partition coefficient (Wildman–Crippen LogP) is 4.21. The van der Waals surface area contributed by atoms with Crippen LogP contribution in [0.5, 0.6) is 0 Å². The lowest BCUT2D eigenvalue weighted by atomic mass is 9.97. The van der Waals surface area contributed by atoms with Gasteiger partial charge in [-0.05, 0) is 42.0 Å². The molecule has 1 atom stereocenters. The molecular weight excluding hydrogens is 454 g/mol. The van der Waals surface area contributed by atoms with Crippen LogP contribution in [0.25, 0.3) is 22.6 Å². The van der Waals surface area contributed by atoms with E-state index >= 15 is 0 Å². The van der Waals surface area contributed by atoms with Crippen molar-refractivity contribution in [3.63, 3.8) is 0 Å². The molecule has 1 saturated heterocycles. The third-order valence-electron chi connectivity index (χ3n) is 6.87. The number of nitrogens with zero attached hydrogens (tertiary/aromatic N) is 4. The van der Waals surface area contributed by atoms with Crippen LogP contribution in [0.2, 0.25) is 0 Å². The molecule has 8 heteroatoms. The van der Waals surface area contributed by atoms with Gasteiger partial charge < -0.3 is 14.6 Å². The smallest absolute Gasteiger partial charge is 0.328 e. The summed E-state index contributed by atoms with van der Waals surface area (Å²) in [6.07, 6.45) is 3.63. The van der Waals surface area contributed by atoms with E-state index in [-0.39, 0.29) is 17.6 Å². The lowest BCUT2D eigenvalue weighted by molar-refractivity contribution is 0.0630. The zero-order valence-corrected chi connectivity index (χ0v) is 20.9. The van der Waals surface area contributed by atoms with Gasteiger partial charge in [-0.15, -0.1) is 0 Å². The molecular formula is C28H31N5O3. The Morgan fingerprint density at radius 3 is 2.69 bits per heavy atom. The highest BCUT2D eigenvalue weighted by Gasteiger charge is 2.29. The standard InChI is InChI=1S/C28H31N5O3/c1-18(2)22-8-4-5-9-23(22)25-29-15-24-26(31-25)33(28(35)30-24)16-19-10-12-20(13-11-19)27(34)32-14-6-7-21(32)17-36-3/h4-5,8-13,15,18,21H,6-7,14,16-17H2,1-3H3,(H,30,35). The number of carbonyl (C=O) groups is 1. The first kappa shape index (κ1) is 23.9. The number of hydrogen-bond acceptors (Lipinski definition) is 5. The van der Waals surface area contributed by atoms with Crippen molar-refractivity contribution in [1.82, 2.24) is 24.4 Å². The second kappa shape index (κ2) is 10.1. The minimum absolute atomic E-state index is 0.0200. The Hall–Kier alpha value is -3.78. The van der Waals surface area contributed by atoms with Crippen molar-refractivity contribution < 1.29 is 9.53 Å². The molecule has 0 radical (unpaired) electrons. The molecule has 186 valence electrons. The molecule has 0 aliphatic carbocycles. The number of benzene rings is 2. The highest BCUT2D eigenvalue weighted by Crippen LogP contribution is 2.27. The van der Waals surface area contributed by atoms with Crippen molar-refractivity contribution in [2.45, 2.75) is 45.2 Å². The number of rotatable bonds is 7. The second-order valence-corrected chi connectivity index (χ2v) is 9.64. The summed E-state index contributed by atoms with van der Waals surface area (Å²) >= 11 is 0. The molecule has 5 rings (SSSR count). The summed E-state index contributed by atoms with van der Waals surface area (Å²) in [5, 5.41) is 0. The van der Waals surface area contributed by atoms with Gasteiger partial charge in [0.1, 0.15) is 5.52 Å². The normalized spacial score (nSPS) is 15.8. The van der Waals surface area contributed by atoms with Crippen LogP contribution in [-0.2, 0) is 11.3 Å². The van der Waals surface area contributed by atoms with Crippen molar-refractivity contribution in [2.24, 2.45) is 0 Å². The molecule has 2 aromatic heterocycles. The van der Waals surface area contributed by atoms with Crippen LogP contribution in [0.3, 0.4) is 0 Å². The Bertz CT molecular complexity index is 1440. The molecule has 8 nitrogen and oxygen atoms in total. The number of nitrogens with one attached hydrogen (secondary N) is 1. The lowest BCUT2D eigenvalue weighted by Gasteiger charge is -2.24. The fraction of sp³-hybridized carbons (Fsp3) is 0.357. The van der Waals surface area contributed by atoms with Gasteiger partial charge in [0.15, 0.2) is 11.5 Å². The van der Waals surface area contributed by atoms with Crippen molar-refractivity contribution >= 4 is 17.1 Å². The van der Waals surface area contributed by atoms with Gasteiger partial charge in [-0.25, -0.2) is 14.8 Å². The fourth-order valence-corrected chi connectivity index (χ4v) is 5.00. The SMILES string of the molecule is COCC1CCCN1C(=O)c1ccc(Cn2c(=O)[nH]c3cnc(-c4ccccc4C(C)C)nc32)cc1. The number of methoxy groups -OCH3 is 1. The van der Waals surface area contributed by atoms with Gasteiger partial charge in [-0.3, -0.25) is 9.36 Å². The number of amides is 1. The van der Waals surface area contributed by atoms with Gasteiger partial charge in [0.2, 0.25) is 0 Å². The Morgan fingerprint density at radius 1 is 1.17 bits per heavy atom. The van der Waals surface area contributed by atoms with Crippen molar-refractivity contribution in [1.29, 1.82) is 0 Å². The summed E-state index contributed by atoms with van der Waals surface area (Å²) in [6, 6.07) is 15.7. The third-order valence-corrected chi connectivity index (χ3v) is 6.87. The predicted molar refractivity (Wildman–Crippen MR) is 139 cm³/mol. The minimum atomic E-state index is -0.242. The van der Waals surface area contributed by atoms with Crippen molar-refractivity contribution in [3.05, 3.63) is 81.9 Å². The fourth-order valence-electron chi connectivity index (χ4n) is 5.00. The molecule has 1 aliphatic rings. The second-order valence-electron chi connectivity index (χ2n) is 9.64. The molecule has 0 spiro atoms. The molecule has 1 aliphatic heterocycles. The molecule has 1 N–H and O–H groups in total. The summed E-state index contributed by atoms with van der Waals surface area (Å²) < 4.78 is 6.90. The summed E-state index contributed by atoms with van der Waals surface area (Å²) in [5.74, 6) is 0.934. The topological polar surface area (TPSA) is 93.1 Å². The first-order chi connectivity index (χ1) is 17.5. The van der Waals surface area contributed by atoms with Gasteiger partial charge in [0.25, 0.3) is 5.91 Å². The van der Waals surface area contributed by atoms with Gasteiger partial charge >= 0.3 is 5.69 Å². The number of aromatic amines is 1. The number of ether oxygens (including phenoxy) is 1. The number of hydrogen-bond donors (Lipinski definition) is 1. The molecule has 4 aromatic rings. The number of H-pyrrole nitrogens is 1. The van der Waals surface area contributed by atoms with E-state index in [1.165, 1.54) is 0 Å². The quantitative estimate of drug-likeness (QED) is 0.423. The molecule has 1 amide bonds. The minimum Gasteiger partial charge on any atom is -0.383 e. The van der Waals surface area contributed by atoms with Crippen LogP contribution < -0.4 is 5.69 Å². The average Bonchev–Trinajstić information content (AvgIpc) is 3.48. The maximum absolute atomic E-state index is 13.0. The summed E-state index contributed by atoms with van der Waals surface area (Å²) in [7, 11) is 1.67. The van der Waals surface area contributed by atoms with Crippen LogP contribution in [0.15, 0.2) is 59.5 Å². The number of fused-ring (bicyclic) bond motifs is 1. The zero-order valence-electron chi connectivity index (χ0n) is 20.9. The molecule has 0 saturated carbocycles. The van der Waals surface area contributed by atoms with Crippen molar-refractivity contribution in [3.8, 4) is 11.4 Å². The van der Waals surface area contributed by atoms with E-state index < -0.39 is 0 Å².